The van der Waals surface area contributed by atoms with E-state index in [9.17, 15) is 27.2 Å². The van der Waals surface area contributed by atoms with Crippen LogP contribution >= 0.6 is 0 Å². The molecule has 0 bridgehead atoms. The van der Waals surface area contributed by atoms with Gasteiger partial charge in [0, 0.05) is 72.5 Å². The summed E-state index contributed by atoms with van der Waals surface area (Å²) >= 11 is 0. The smallest absolute Gasteiger partial charge is 0.267 e. The fraction of sp³-hybridized carbons (Fsp3) is 0.135. The molecule has 0 atom stereocenters. The van der Waals surface area contributed by atoms with Gasteiger partial charge in [-0.05, 0) is 74.2 Å². The molecule has 2 radical (unpaired) electrons. The Morgan fingerprint density at radius 3 is 1.41 bits per heavy atom. The Kier molecular flexibility index (Phi) is 13.9. The van der Waals surface area contributed by atoms with E-state index in [1.807, 2.05) is 0 Å². The van der Waals surface area contributed by atoms with E-state index in [0.29, 0.717) is 44.8 Å². The molecule has 0 aliphatic rings. The van der Waals surface area contributed by atoms with Crippen molar-refractivity contribution in [1.29, 1.82) is 0 Å². The number of hydrogen-bond donors (Lipinski definition) is 1. The van der Waals surface area contributed by atoms with Crippen molar-refractivity contribution in [3.63, 3.8) is 0 Å². The summed E-state index contributed by atoms with van der Waals surface area (Å²) in [5.41, 5.74) is 2.09. The standard InChI is InChI=1S/C19H15F2N2O.C18H13F2N2O.2Y/c1-11-9-14(20)17(15(21)10-11)18-16(13-7-5-4-6-8-13)12(2)22-23(3)19(18)24;1-10-8-13(19)16(14(20)9-10)17-15(11(2)21-22-18(17)23)12-6-4-3-5-7-12;;/h5-10H,1-3H3;4-9H,1-2H3,(H,22,23);;/q2*-1;;. The summed E-state index contributed by atoms with van der Waals surface area (Å²) in [7, 11) is 1.46. The van der Waals surface area contributed by atoms with Crippen molar-refractivity contribution in [2.75, 3.05) is 0 Å². The topological polar surface area (TPSA) is 80.6 Å². The van der Waals surface area contributed by atoms with Crippen LogP contribution in [0, 0.1) is 63.1 Å². The average Bonchev–Trinajstić information content (AvgIpc) is 3.01. The zero-order chi connectivity index (χ0) is 34.0. The van der Waals surface area contributed by atoms with Crippen molar-refractivity contribution in [1.82, 2.24) is 20.0 Å². The number of nitrogens with one attached hydrogen (secondary N) is 1. The molecule has 0 amide bonds. The maximum absolute atomic E-state index is 14.5. The molecule has 6 aromatic rings. The van der Waals surface area contributed by atoms with E-state index in [1.165, 1.54) is 31.3 Å². The number of H-pyrrole nitrogens is 1. The molecule has 2 aromatic heterocycles. The molecule has 244 valence electrons. The van der Waals surface area contributed by atoms with Gasteiger partial charge in [-0.1, -0.05) is 0 Å². The number of nitrogens with zero attached hydrogens (tertiary/aromatic N) is 3. The second kappa shape index (κ2) is 17.0. The predicted molar refractivity (Wildman–Crippen MR) is 173 cm³/mol. The molecule has 6 rings (SSSR count). The van der Waals surface area contributed by atoms with Gasteiger partial charge in [-0.15, -0.1) is 11.1 Å². The van der Waals surface area contributed by atoms with Crippen LogP contribution in [0.3, 0.4) is 0 Å². The Labute approximate surface area is 330 Å². The molecule has 0 aliphatic heterocycles. The van der Waals surface area contributed by atoms with Crippen LogP contribution in [0.15, 0.2) is 82.4 Å². The van der Waals surface area contributed by atoms with E-state index in [4.69, 9.17) is 0 Å². The van der Waals surface area contributed by atoms with E-state index in [0.717, 1.165) is 4.68 Å². The molecule has 12 heteroatoms. The number of hydrogen-bond acceptors (Lipinski definition) is 4. The second-order valence-electron chi connectivity index (χ2n) is 10.9. The molecule has 2 heterocycles. The Morgan fingerprint density at radius 2 is 0.980 bits per heavy atom. The van der Waals surface area contributed by atoms with Crippen molar-refractivity contribution < 1.29 is 83.0 Å². The Bertz CT molecular complexity index is 2200. The third kappa shape index (κ3) is 8.48. The maximum Gasteiger partial charge on any atom is 0.275 e. The first kappa shape index (κ1) is 40.0. The number of benzene rings is 4. The van der Waals surface area contributed by atoms with Gasteiger partial charge >= 0.3 is 0 Å². The van der Waals surface area contributed by atoms with Crippen LogP contribution in [-0.2, 0) is 72.5 Å². The van der Waals surface area contributed by atoms with Crippen LogP contribution < -0.4 is 11.1 Å². The number of rotatable bonds is 4. The SMILES string of the molecule is Cc1cc(F)c(-c2c(-c3cc[c-]cc3)c(C)n[nH]c2=O)c(F)c1.Cc1cc(F)c(-c2c(-c3cc[c-]cc3)c(C)nn(C)c2=O)c(F)c1.[Y].[Y]. The van der Waals surface area contributed by atoms with Crippen molar-refractivity contribution in [3.8, 4) is 44.5 Å². The minimum Gasteiger partial charge on any atom is -0.267 e. The molecule has 0 aliphatic carbocycles. The normalized spacial score (nSPS) is 10.4. The summed E-state index contributed by atoms with van der Waals surface area (Å²) < 4.78 is 58.9. The van der Waals surface area contributed by atoms with E-state index in [2.05, 4.69) is 27.4 Å². The van der Waals surface area contributed by atoms with Crippen molar-refractivity contribution in [2.24, 2.45) is 7.05 Å². The minimum atomic E-state index is -0.776. The second-order valence-corrected chi connectivity index (χ2v) is 10.9. The van der Waals surface area contributed by atoms with Gasteiger partial charge in [-0.3, -0.25) is 9.59 Å². The summed E-state index contributed by atoms with van der Waals surface area (Å²) in [4.78, 5) is 25.0. The molecule has 0 spiro atoms. The van der Waals surface area contributed by atoms with E-state index in [-0.39, 0.29) is 87.7 Å². The van der Waals surface area contributed by atoms with Crippen molar-refractivity contribution in [3.05, 3.63) is 151 Å². The van der Waals surface area contributed by atoms with Crippen LogP contribution in [0.2, 0.25) is 0 Å². The molecular formula is C37H28F4N4O2Y2-2. The first-order valence-corrected chi connectivity index (χ1v) is 14.4. The third-order valence-electron chi connectivity index (χ3n) is 7.47. The van der Waals surface area contributed by atoms with Gasteiger partial charge in [-0.2, -0.15) is 70.9 Å². The molecule has 4 aromatic carbocycles. The zero-order valence-corrected chi connectivity index (χ0v) is 32.9. The van der Waals surface area contributed by atoms with Crippen LogP contribution in [-0.4, -0.2) is 20.0 Å². The molecule has 1 N–H and O–H groups in total. The summed E-state index contributed by atoms with van der Waals surface area (Å²) in [6.45, 7) is 6.57. The van der Waals surface area contributed by atoms with Gasteiger partial charge in [-0.25, -0.2) is 27.3 Å². The van der Waals surface area contributed by atoms with Crippen molar-refractivity contribution in [2.45, 2.75) is 27.7 Å². The summed E-state index contributed by atoms with van der Waals surface area (Å²) in [6.07, 6.45) is 0. The van der Waals surface area contributed by atoms with E-state index in [1.54, 1.807) is 76.2 Å². The van der Waals surface area contributed by atoms with Crippen LogP contribution in [0.5, 0.6) is 0 Å². The fourth-order valence-electron chi connectivity index (χ4n) is 5.47. The minimum absolute atomic E-state index is 0. The van der Waals surface area contributed by atoms with Crippen LogP contribution in [0.25, 0.3) is 44.5 Å². The number of halogens is 4. The average molecular weight is 814 g/mol. The van der Waals surface area contributed by atoms with E-state index >= 15 is 0 Å². The Morgan fingerprint density at radius 1 is 0.592 bits per heavy atom. The molecule has 6 nitrogen and oxygen atoms in total. The third-order valence-corrected chi connectivity index (χ3v) is 7.47. The van der Waals surface area contributed by atoms with Gasteiger partial charge in [0.1, 0.15) is 23.3 Å². The molecule has 49 heavy (non-hydrogen) atoms. The first-order valence-electron chi connectivity index (χ1n) is 14.4. The molecule has 0 saturated heterocycles. The zero-order valence-electron chi connectivity index (χ0n) is 27.3. The van der Waals surface area contributed by atoms with Gasteiger partial charge in [0.15, 0.2) is 0 Å². The number of aryl methyl sites for hydroxylation is 5. The molecule has 0 fully saturated rings. The van der Waals surface area contributed by atoms with Gasteiger partial charge in [0.25, 0.3) is 11.1 Å². The first-order chi connectivity index (χ1) is 22.4. The molecule has 0 unspecified atom stereocenters. The van der Waals surface area contributed by atoms with Crippen LogP contribution in [0.4, 0.5) is 17.6 Å². The van der Waals surface area contributed by atoms with Gasteiger partial charge in [0.05, 0.1) is 33.6 Å². The van der Waals surface area contributed by atoms with Crippen LogP contribution in [0.1, 0.15) is 22.5 Å². The summed E-state index contributed by atoms with van der Waals surface area (Å²) in [6, 6.07) is 24.2. The number of aromatic amines is 1. The number of aromatic nitrogens is 4. The monoisotopic (exact) mass is 814 g/mol. The largest absolute Gasteiger partial charge is 0.275 e. The fourth-order valence-corrected chi connectivity index (χ4v) is 5.47. The summed E-state index contributed by atoms with van der Waals surface area (Å²) in [5, 5.41) is 10.4. The Hall–Kier alpha value is -3.43. The molecular weight excluding hydrogens is 786 g/mol. The van der Waals surface area contributed by atoms with Crippen molar-refractivity contribution >= 4 is 0 Å². The van der Waals surface area contributed by atoms with Gasteiger partial charge in [0.2, 0.25) is 0 Å². The summed E-state index contributed by atoms with van der Waals surface area (Å²) in [5.74, 6) is -3.08. The predicted octanol–water partition coefficient (Wildman–Crippen LogP) is 7.60. The molecule has 0 saturated carbocycles. The van der Waals surface area contributed by atoms with E-state index < -0.39 is 34.4 Å². The van der Waals surface area contributed by atoms with Gasteiger partial charge < -0.3 is 0 Å². The maximum atomic E-state index is 14.5. The Balaban J connectivity index is 0.000000255. The quantitative estimate of drug-likeness (QED) is 0.147.